The average molecular weight is 453 g/mol. The third kappa shape index (κ3) is 4.39. The molecular weight excluding hydrogens is 428 g/mol. The smallest absolute Gasteiger partial charge is 0.262 e. The molecule has 166 valence electrons. The van der Waals surface area contributed by atoms with Gasteiger partial charge in [-0.3, -0.25) is 9.36 Å². The molecule has 2 heterocycles. The Morgan fingerprint density at radius 3 is 2.53 bits per heavy atom. The highest BCUT2D eigenvalue weighted by atomic mass is 32.2. The fourth-order valence-electron chi connectivity index (χ4n) is 3.37. The molecule has 0 saturated heterocycles. The van der Waals surface area contributed by atoms with Crippen LogP contribution in [-0.2, 0) is 4.74 Å². The van der Waals surface area contributed by atoms with Gasteiger partial charge in [-0.05, 0) is 50.2 Å². The minimum absolute atomic E-state index is 0.0979. The first-order valence-corrected chi connectivity index (χ1v) is 11.0. The molecule has 4 rings (SSSR count). The van der Waals surface area contributed by atoms with Crippen LogP contribution in [0.15, 0.2) is 62.9 Å². The SMILES string of the molecule is COC[C@@H](C)n1c(S[C@H](C)c2nnc(-c3ccc(OC)cc3)o2)nc2ccccc2c1=O. The van der Waals surface area contributed by atoms with Gasteiger partial charge in [0, 0.05) is 12.7 Å². The second kappa shape index (κ2) is 9.54. The Kier molecular flexibility index (Phi) is 6.57. The van der Waals surface area contributed by atoms with Crippen LogP contribution in [0.5, 0.6) is 5.75 Å². The predicted octanol–water partition coefficient (Wildman–Crippen LogP) is 4.52. The molecule has 2 aromatic carbocycles. The van der Waals surface area contributed by atoms with E-state index in [2.05, 4.69) is 10.2 Å². The van der Waals surface area contributed by atoms with Crippen LogP contribution in [0.1, 0.15) is 31.0 Å². The summed E-state index contributed by atoms with van der Waals surface area (Å²) in [5.41, 5.74) is 1.35. The zero-order valence-corrected chi connectivity index (χ0v) is 19.1. The van der Waals surface area contributed by atoms with Crippen LogP contribution in [-0.4, -0.2) is 40.6 Å². The quantitative estimate of drug-likeness (QED) is 0.285. The third-order valence-corrected chi connectivity index (χ3v) is 6.09. The van der Waals surface area contributed by atoms with Crippen molar-refractivity contribution in [2.24, 2.45) is 0 Å². The molecule has 0 spiro atoms. The first-order valence-electron chi connectivity index (χ1n) is 10.2. The van der Waals surface area contributed by atoms with Gasteiger partial charge in [-0.15, -0.1) is 10.2 Å². The summed E-state index contributed by atoms with van der Waals surface area (Å²) in [6.07, 6.45) is 0. The molecule has 0 fully saturated rings. The number of nitrogens with zero attached hydrogens (tertiary/aromatic N) is 4. The van der Waals surface area contributed by atoms with E-state index < -0.39 is 0 Å². The summed E-state index contributed by atoms with van der Waals surface area (Å²) in [4.78, 5) is 18.0. The van der Waals surface area contributed by atoms with E-state index in [1.165, 1.54) is 11.8 Å². The number of hydrogen-bond acceptors (Lipinski definition) is 8. The second-order valence-corrected chi connectivity index (χ2v) is 8.63. The molecule has 9 heteroatoms. The number of ether oxygens (including phenoxy) is 2. The van der Waals surface area contributed by atoms with E-state index in [1.807, 2.05) is 56.3 Å². The van der Waals surface area contributed by atoms with Crippen molar-refractivity contribution in [2.75, 3.05) is 20.8 Å². The summed E-state index contributed by atoms with van der Waals surface area (Å²) in [6, 6.07) is 14.6. The molecule has 0 bridgehead atoms. The van der Waals surface area contributed by atoms with Crippen molar-refractivity contribution in [1.82, 2.24) is 19.7 Å². The van der Waals surface area contributed by atoms with Gasteiger partial charge in [0.15, 0.2) is 5.16 Å². The molecule has 0 amide bonds. The first kappa shape index (κ1) is 22.0. The molecule has 0 unspecified atom stereocenters. The third-order valence-electron chi connectivity index (χ3n) is 5.03. The maximum Gasteiger partial charge on any atom is 0.262 e. The largest absolute Gasteiger partial charge is 0.497 e. The fraction of sp³-hybridized carbons (Fsp3) is 0.304. The highest BCUT2D eigenvalue weighted by Crippen LogP contribution is 2.35. The summed E-state index contributed by atoms with van der Waals surface area (Å²) in [6.45, 7) is 4.28. The lowest BCUT2D eigenvalue weighted by molar-refractivity contribution is 0.156. The first-order chi connectivity index (χ1) is 15.5. The number of fused-ring (bicyclic) bond motifs is 1. The van der Waals surface area contributed by atoms with Crippen LogP contribution in [0.4, 0.5) is 0 Å². The van der Waals surface area contributed by atoms with Crippen molar-refractivity contribution in [3.05, 3.63) is 64.8 Å². The molecule has 8 nitrogen and oxygen atoms in total. The minimum atomic E-state index is -0.219. The van der Waals surface area contributed by atoms with E-state index in [0.29, 0.717) is 34.4 Å². The molecule has 0 aliphatic heterocycles. The van der Waals surface area contributed by atoms with Crippen LogP contribution >= 0.6 is 11.8 Å². The Hall–Kier alpha value is -3.17. The normalized spacial score (nSPS) is 13.2. The van der Waals surface area contributed by atoms with Gasteiger partial charge in [0.25, 0.3) is 5.56 Å². The number of hydrogen-bond donors (Lipinski definition) is 0. The topological polar surface area (TPSA) is 92.3 Å². The number of methoxy groups -OCH3 is 2. The Labute approximate surface area is 189 Å². The maximum absolute atomic E-state index is 13.2. The van der Waals surface area contributed by atoms with E-state index in [4.69, 9.17) is 18.9 Å². The Morgan fingerprint density at radius 1 is 1.06 bits per heavy atom. The molecule has 0 aliphatic carbocycles. The zero-order valence-electron chi connectivity index (χ0n) is 18.3. The lowest BCUT2D eigenvalue weighted by Crippen LogP contribution is -2.28. The van der Waals surface area contributed by atoms with Gasteiger partial charge in [-0.25, -0.2) is 4.98 Å². The van der Waals surface area contributed by atoms with Crippen molar-refractivity contribution in [1.29, 1.82) is 0 Å². The number of rotatable bonds is 8. The molecule has 0 radical (unpaired) electrons. The Morgan fingerprint density at radius 2 is 1.81 bits per heavy atom. The van der Waals surface area contributed by atoms with Gasteiger partial charge in [0.05, 0.1) is 35.9 Å². The molecule has 0 saturated carbocycles. The van der Waals surface area contributed by atoms with Gasteiger partial charge >= 0.3 is 0 Å². The summed E-state index contributed by atoms with van der Waals surface area (Å²) in [5.74, 6) is 1.63. The van der Waals surface area contributed by atoms with Gasteiger partial charge in [-0.1, -0.05) is 23.9 Å². The number of benzene rings is 2. The van der Waals surface area contributed by atoms with Gasteiger partial charge in [-0.2, -0.15) is 0 Å². The van der Waals surface area contributed by atoms with Crippen LogP contribution < -0.4 is 10.3 Å². The molecule has 4 aromatic rings. The maximum atomic E-state index is 13.2. The summed E-state index contributed by atoms with van der Waals surface area (Å²) in [7, 11) is 3.23. The fourth-order valence-corrected chi connectivity index (χ4v) is 4.41. The Bertz CT molecular complexity index is 1270. The van der Waals surface area contributed by atoms with Crippen molar-refractivity contribution in [3.63, 3.8) is 0 Å². The molecule has 2 aromatic heterocycles. The van der Waals surface area contributed by atoms with E-state index in [9.17, 15) is 4.79 Å². The van der Waals surface area contributed by atoms with E-state index >= 15 is 0 Å². The van der Waals surface area contributed by atoms with Crippen LogP contribution in [0.3, 0.4) is 0 Å². The lowest BCUT2D eigenvalue weighted by Gasteiger charge is -2.19. The zero-order chi connectivity index (χ0) is 22.7. The Balaban J connectivity index is 1.66. The van der Waals surface area contributed by atoms with Crippen LogP contribution in [0.2, 0.25) is 0 Å². The van der Waals surface area contributed by atoms with Gasteiger partial charge in [0.2, 0.25) is 11.8 Å². The molecule has 0 N–H and O–H groups in total. The van der Waals surface area contributed by atoms with E-state index in [1.54, 1.807) is 24.9 Å². The standard InChI is InChI=1S/C23H24N4O4S/c1-14(13-29-3)27-22(28)18-7-5-6-8-19(18)24-23(27)32-15(2)20-25-26-21(31-20)16-9-11-17(30-4)12-10-16/h5-12,14-15H,13H2,1-4H3/t14-,15-/m1/s1. The van der Waals surface area contributed by atoms with E-state index in [-0.39, 0.29) is 16.9 Å². The van der Waals surface area contributed by atoms with Crippen LogP contribution in [0.25, 0.3) is 22.4 Å². The number of aromatic nitrogens is 4. The van der Waals surface area contributed by atoms with Gasteiger partial charge in [0.1, 0.15) is 5.75 Å². The highest BCUT2D eigenvalue weighted by molar-refractivity contribution is 7.99. The monoisotopic (exact) mass is 452 g/mol. The van der Waals surface area contributed by atoms with Crippen molar-refractivity contribution in [3.8, 4) is 17.2 Å². The summed E-state index contributed by atoms with van der Waals surface area (Å²) < 4.78 is 18.1. The number of thioether (sulfide) groups is 1. The van der Waals surface area contributed by atoms with E-state index in [0.717, 1.165) is 11.3 Å². The lowest BCUT2D eigenvalue weighted by atomic mass is 10.2. The molecule has 0 aliphatic rings. The average Bonchev–Trinajstić information content (AvgIpc) is 3.30. The van der Waals surface area contributed by atoms with Crippen LogP contribution in [0, 0.1) is 0 Å². The second-order valence-electron chi connectivity index (χ2n) is 7.33. The minimum Gasteiger partial charge on any atom is -0.497 e. The highest BCUT2D eigenvalue weighted by Gasteiger charge is 2.22. The van der Waals surface area contributed by atoms with Gasteiger partial charge < -0.3 is 13.9 Å². The van der Waals surface area contributed by atoms with Crippen molar-refractivity contribution < 1.29 is 13.9 Å². The molecule has 32 heavy (non-hydrogen) atoms. The number of para-hydroxylation sites is 1. The predicted molar refractivity (Wildman–Crippen MR) is 123 cm³/mol. The summed E-state index contributed by atoms with van der Waals surface area (Å²) >= 11 is 1.40. The summed E-state index contributed by atoms with van der Waals surface area (Å²) in [5, 5.41) is 9.33. The van der Waals surface area contributed by atoms with Crippen molar-refractivity contribution in [2.45, 2.75) is 30.3 Å². The van der Waals surface area contributed by atoms with Crippen molar-refractivity contribution >= 4 is 22.7 Å². The molecular formula is C23H24N4O4S. The molecule has 2 atom stereocenters.